The lowest BCUT2D eigenvalue weighted by molar-refractivity contribution is -0.137. The molecule has 8 heteroatoms. The molecule has 0 saturated carbocycles. The number of carbonyl (C=O) groups is 3. The Balaban J connectivity index is 0.000000592. The molecule has 1 aromatic rings. The van der Waals surface area contributed by atoms with Gasteiger partial charge in [0, 0.05) is 39.0 Å². The summed E-state index contributed by atoms with van der Waals surface area (Å²) in [4.78, 5) is 36.5. The van der Waals surface area contributed by atoms with Gasteiger partial charge in [-0.25, -0.2) is 4.79 Å². The molecule has 0 aromatic heterocycles. The molecule has 31 heavy (non-hydrogen) atoms. The maximum absolute atomic E-state index is 12.8. The molecule has 1 atom stereocenters. The van der Waals surface area contributed by atoms with Crippen LogP contribution in [0.25, 0.3) is 0 Å². The monoisotopic (exact) mass is 435 g/mol. The number of nitrogens with zero attached hydrogens (tertiary/aromatic N) is 1. The first kappa shape index (κ1) is 26.4. The SMILES string of the molecule is CC(C)(C)OC(=O)NC(Cc1ccccc1)C(=O)N1CCNCC1.CCCCC(=O)O. The molecule has 1 aromatic carbocycles. The summed E-state index contributed by atoms with van der Waals surface area (Å²) in [7, 11) is 0. The zero-order valence-electron chi connectivity index (χ0n) is 19.1. The van der Waals surface area contributed by atoms with Gasteiger partial charge in [-0.15, -0.1) is 0 Å². The molecule has 8 nitrogen and oxygen atoms in total. The molecule has 1 aliphatic heterocycles. The third-order valence-electron chi connectivity index (χ3n) is 4.44. The van der Waals surface area contributed by atoms with Gasteiger partial charge in [0.25, 0.3) is 0 Å². The van der Waals surface area contributed by atoms with E-state index < -0.39 is 23.7 Å². The number of carboxylic acid groups (broad SMARTS) is 1. The highest BCUT2D eigenvalue weighted by atomic mass is 16.6. The minimum absolute atomic E-state index is 0.0637. The van der Waals surface area contributed by atoms with Gasteiger partial charge in [0.2, 0.25) is 5.91 Å². The number of amides is 2. The van der Waals surface area contributed by atoms with E-state index in [1.807, 2.05) is 37.3 Å². The van der Waals surface area contributed by atoms with Crippen molar-refractivity contribution in [2.75, 3.05) is 26.2 Å². The van der Waals surface area contributed by atoms with E-state index in [4.69, 9.17) is 9.84 Å². The number of alkyl carbamates (subject to hydrolysis) is 1. The average Bonchev–Trinajstić information content (AvgIpc) is 2.71. The number of hydrogen-bond acceptors (Lipinski definition) is 5. The maximum atomic E-state index is 12.8. The molecule has 1 aliphatic rings. The van der Waals surface area contributed by atoms with Crippen molar-refractivity contribution >= 4 is 18.0 Å². The Morgan fingerprint density at radius 1 is 1.16 bits per heavy atom. The van der Waals surface area contributed by atoms with E-state index in [1.165, 1.54) is 0 Å². The molecular weight excluding hydrogens is 398 g/mol. The zero-order chi connectivity index (χ0) is 23.3. The van der Waals surface area contributed by atoms with E-state index in [2.05, 4.69) is 10.6 Å². The van der Waals surface area contributed by atoms with E-state index in [9.17, 15) is 14.4 Å². The van der Waals surface area contributed by atoms with Gasteiger partial charge in [-0.05, 0) is 32.8 Å². The number of hydrogen-bond donors (Lipinski definition) is 3. The van der Waals surface area contributed by atoms with Crippen molar-refractivity contribution in [1.29, 1.82) is 0 Å². The van der Waals surface area contributed by atoms with Crippen LogP contribution in [0.3, 0.4) is 0 Å². The molecule has 0 spiro atoms. The number of nitrogens with one attached hydrogen (secondary N) is 2. The van der Waals surface area contributed by atoms with Crippen LogP contribution in [-0.2, 0) is 20.7 Å². The predicted molar refractivity (Wildman–Crippen MR) is 120 cm³/mol. The van der Waals surface area contributed by atoms with Crippen molar-refractivity contribution in [2.45, 2.75) is 65.0 Å². The number of ether oxygens (including phenoxy) is 1. The minimum Gasteiger partial charge on any atom is -0.481 e. The molecule has 1 unspecified atom stereocenters. The summed E-state index contributed by atoms with van der Waals surface area (Å²) in [5, 5.41) is 14.0. The number of carbonyl (C=O) groups excluding carboxylic acids is 2. The zero-order valence-corrected chi connectivity index (χ0v) is 19.1. The topological polar surface area (TPSA) is 108 Å². The Labute approximate surface area is 185 Å². The molecule has 3 N–H and O–H groups in total. The molecule has 174 valence electrons. The van der Waals surface area contributed by atoms with Crippen LogP contribution in [0.1, 0.15) is 52.5 Å². The van der Waals surface area contributed by atoms with Crippen molar-refractivity contribution in [3.8, 4) is 0 Å². The van der Waals surface area contributed by atoms with Gasteiger partial charge >= 0.3 is 12.1 Å². The van der Waals surface area contributed by atoms with Gasteiger partial charge in [-0.1, -0.05) is 43.7 Å². The smallest absolute Gasteiger partial charge is 0.408 e. The molecule has 1 saturated heterocycles. The number of piperazine rings is 1. The second-order valence-corrected chi connectivity index (χ2v) is 8.46. The largest absolute Gasteiger partial charge is 0.481 e. The van der Waals surface area contributed by atoms with Crippen LogP contribution in [-0.4, -0.2) is 65.8 Å². The Hall–Kier alpha value is -2.61. The fraction of sp³-hybridized carbons (Fsp3) is 0.609. The first-order chi connectivity index (χ1) is 14.6. The summed E-state index contributed by atoms with van der Waals surface area (Å²) in [6.45, 7) is 10.2. The molecule has 0 bridgehead atoms. The van der Waals surface area contributed by atoms with Gasteiger partial charge in [0.05, 0.1) is 0 Å². The third-order valence-corrected chi connectivity index (χ3v) is 4.44. The molecule has 2 rings (SSSR count). The van der Waals surface area contributed by atoms with Crippen LogP contribution in [0.5, 0.6) is 0 Å². The van der Waals surface area contributed by atoms with Crippen LogP contribution < -0.4 is 10.6 Å². The van der Waals surface area contributed by atoms with Crippen LogP contribution in [0, 0.1) is 0 Å². The molecular formula is C23H37N3O5. The Morgan fingerprint density at radius 3 is 2.26 bits per heavy atom. The average molecular weight is 436 g/mol. The van der Waals surface area contributed by atoms with Crippen molar-refractivity contribution in [1.82, 2.24) is 15.5 Å². The highest BCUT2D eigenvalue weighted by Gasteiger charge is 2.28. The lowest BCUT2D eigenvalue weighted by atomic mass is 10.0. The van der Waals surface area contributed by atoms with Gasteiger partial charge in [-0.3, -0.25) is 9.59 Å². The Bertz CT molecular complexity index is 682. The Kier molecular flexibility index (Phi) is 11.6. The first-order valence-electron chi connectivity index (χ1n) is 10.9. The van der Waals surface area contributed by atoms with Crippen LogP contribution in [0.2, 0.25) is 0 Å². The first-order valence-corrected chi connectivity index (χ1v) is 10.9. The fourth-order valence-electron chi connectivity index (χ4n) is 2.93. The van der Waals surface area contributed by atoms with Gasteiger partial charge in [-0.2, -0.15) is 0 Å². The number of aliphatic carboxylic acids is 1. The van der Waals surface area contributed by atoms with E-state index in [0.717, 1.165) is 31.5 Å². The van der Waals surface area contributed by atoms with Gasteiger partial charge in [0.1, 0.15) is 11.6 Å². The van der Waals surface area contributed by atoms with Crippen molar-refractivity contribution in [3.05, 3.63) is 35.9 Å². The van der Waals surface area contributed by atoms with Gasteiger partial charge in [0.15, 0.2) is 0 Å². The van der Waals surface area contributed by atoms with Gasteiger partial charge < -0.3 is 25.4 Å². The fourth-order valence-corrected chi connectivity index (χ4v) is 2.93. The highest BCUT2D eigenvalue weighted by molar-refractivity contribution is 5.86. The van der Waals surface area contributed by atoms with Crippen LogP contribution in [0.4, 0.5) is 4.79 Å². The number of rotatable bonds is 7. The summed E-state index contributed by atoms with van der Waals surface area (Å²) in [5.41, 5.74) is 0.404. The van der Waals surface area contributed by atoms with Crippen LogP contribution in [0.15, 0.2) is 30.3 Å². The van der Waals surface area contributed by atoms with Crippen molar-refractivity contribution < 1.29 is 24.2 Å². The van der Waals surface area contributed by atoms with Crippen molar-refractivity contribution in [3.63, 3.8) is 0 Å². The number of carboxylic acids is 1. The summed E-state index contributed by atoms with van der Waals surface area (Å²) in [6.07, 6.45) is 1.97. The maximum Gasteiger partial charge on any atom is 0.408 e. The third kappa shape index (κ3) is 12.0. The van der Waals surface area contributed by atoms with E-state index >= 15 is 0 Å². The molecule has 0 radical (unpaired) electrons. The predicted octanol–water partition coefficient (Wildman–Crippen LogP) is 2.82. The number of benzene rings is 1. The minimum atomic E-state index is -0.693. The second kappa shape index (κ2) is 13.6. The van der Waals surface area contributed by atoms with E-state index in [1.54, 1.807) is 25.7 Å². The Morgan fingerprint density at radius 2 is 1.77 bits per heavy atom. The summed E-state index contributed by atoms with van der Waals surface area (Å²) >= 11 is 0. The molecule has 2 amide bonds. The quantitative estimate of drug-likeness (QED) is 0.608. The van der Waals surface area contributed by atoms with E-state index in [0.29, 0.717) is 25.9 Å². The lowest BCUT2D eigenvalue weighted by Gasteiger charge is -2.31. The van der Waals surface area contributed by atoms with E-state index in [-0.39, 0.29) is 5.91 Å². The summed E-state index contributed by atoms with van der Waals surface area (Å²) in [6, 6.07) is 9.06. The second-order valence-electron chi connectivity index (χ2n) is 8.46. The highest BCUT2D eigenvalue weighted by Crippen LogP contribution is 2.10. The lowest BCUT2D eigenvalue weighted by Crippen LogP contribution is -2.55. The number of unbranched alkanes of at least 4 members (excludes halogenated alkanes) is 1. The molecule has 1 heterocycles. The van der Waals surface area contributed by atoms with Crippen molar-refractivity contribution in [2.24, 2.45) is 0 Å². The summed E-state index contributed by atoms with van der Waals surface area (Å²) < 4.78 is 5.31. The van der Waals surface area contributed by atoms with Crippen LogP contribution >= 0.6 is 0 Å². The standard InChI is InChI=1S/C18H27N3O3.C5H10O2/c1-18(2,3)24-17(23)20-15(13-14-7-5-4-6-8-14)16(22)21-11-9-19-10-12-21;1-2-3-4-5(6)7/h4-8,15,19H,9-13H2,1-3H3,(H,20,23);2-4H2,1H3,(H,6,7). The normalized spacial score (nSPS) is 14.6. The molecule has 0 aliphatic carbocycles. The summed E-state index contributed by atoms with van der Waals surface area (Å²) in [5.74, 6) is -0.756. The molecule has 1 fully saturated rings.